The highest BCUT2D eigenvalue weighted by atomic mass is 16.5. The van der Waals surface area contributed by atoms with E-state index in [-0.39, 0.29) is 36.0 Å². The molecule has 0 saturated carbocycles. The van der Waals surface area contributed by atoms with Crippen LogP contribution in [0.2, 0.25) is 0 Å². The van der Waals surface area contributed by atoms with Crippen LogP contribution in [0, 0.1) is 11.8 Å². The molecule has 1 amide bonds. The number of carbonyl (C=O) groups excluding carboxylic acids is 1. The average Bonchev–Trinajstić information content (AvgIpc) is 2.63. The third kappa shape index (κ3) is 3.02. The Kier molecular flexibility index (Phi) is 4.45. The fourth-order valence-electron chi connectivity index (χ4n) is 2.81. The van der Waals surface area contributed by atoms with E-state index in [1.54, 1.807) is 0 Å². The topological polar surface area (TPSA) is 64.3 Å². The van der Waals surface area contributed by atoms with Gasteiger partial charge in [0.1, 0.15) is 0 Å². The molecule has 20 heavy (non-hydrogen) atoms. The number of anilines is 1. The lowest BCUT2D eigenvalue weighted by molar-refractivity contribution is -0.121. The molecule has 5 unspecified atom stereocenters. The highest BCUT2D eigenvalue weighted by Gasteiger charge is 2.41. The second kappa shape index (κ2) is 5.94. The highest BCUT2D eigenvalue weighted by molar-refractivity contribution is 5.93. The third-order valence-corrected chi connectivity index (χ3v) is 4.25. The van der Waals surface area contributed by atoms with E-state index in [4.69, 9.17) is 10.5 Å². The lowest BCUT2D eigenvalue weighted by Crippen LogP contribution is -2.31. The first kappa shape index (κ1) is 15.0. The molecular weight excluding hydrogens is 252 g/mol. The maximum atomic E-state index is 12.4. The molecule has 0 spiro atoms. The molecule has 0 aromatic heterocycles. The largest absolute Gasteiger partial charge is 0.374 e. The van der Waals surface area contributed by atoms with Crippen molar-refractivity contribution in [1.29, 1.82) is 0 Å². The fourth-order valence-corrected chi connectivity index (χ4v) is 2.81. The molecule has 2 rings (SSSR count). The van der Waals surface area contributed by atoms with Crippen molar-refractivity contribution in [3.05, 3.63) is 29.8 Å². The zero-order valence-corrected chi connectivity index (χ0v) is 12.6. The van der Waals surface area contributed by atoms with E-state index in [1.165, 1.54) is 0 Å². The van der Waals surface area contributed by atoms with Crippen molar-refractivity contribution in [1.82, 2.24) is 0 Å². The third-order valence-electron chi connectivity index (χ3n) is 4.25. The summed E-state index contributed by atoms with van der Waals surface area (Å²) < 4.78 is 5.72. The standard InChI is InChI=1S/C16H24N2O2/c1-9-11(3)20-12(4)15(9)16(19)18-14-7-5-13(6-8-14)10(2)17/h5-12,15H,17H2,1-4H3,(H,18,19). The van der Waals surface area contributed by atoms with Gasteiger partial charge in [0.25, 0.3) is 0 Å². The van der Waals surface area contributed by atoms with E-state index >= 15 is 0 Å². The SMILES string of the molecule is CC(N)c1ccc(NC(=O)C2C(C)OC(C)C2C)cc1. The summed E-state index contributed by atoms with van der Waals surface area (Å²) in [5.74, 6) is 0.161. The first-order valence-corrected chi connectivity index (χ1v) is 7.22. The normalized spacial score (nSPS) is 31.1. The molecule has 1 aromatic carbocycles. The van der Waals surface area contributed by atoms with Gasteiger partial charge in [-0.3, -0.25) is 4.79 Å². The maximum absolute atomic E-state index is 12.4. The number of ether oxygens (including phenoxy) is 1. The number of carbonyl (C=O) groups is 1. The van der Waals surface area contributed by atoms with Gasteiger partial charge in [-0.15, -0.1) is 0 Å². The predicted molar refractivity (Wildman–Crippen MR) is 80.3 cm³/mol. The number of nitrogens with one attached hydrogen (secondary N) is 1. The van der Waals surface area contributed by atoms with Gasteiger partial charge in [-0.2, -0.15) is 0 Å². The van der Waals surface area contributed by atoms with Crippen molar-refractivity contribution >= 4 is 11.6 Å². The number of hydrogen-bond acceptors (Lipinski definition) is 3. The Morgan fingerprint density at radius 1 is 1.20 bits per heavy atom. The van der Waals surface area contributed by atoms with Crippen LogP contribution < -0.4 is 11.1 Å². The van der Waals surface area contributed by atoms with Gasteiger partial charge in [0, 0.05) is 11.7 Å². The van der Waals surface area contributed by atoms with Crippen LogP contribution in [0.5, 0.6) is 0 Å². The van der Waals surface area contributed by atoms with E-state index in [9.17, 15) is 4.79 Å². The van der Waals surface area contributed by atoms with Crippen LogP contribution >= 0.6 is 0 Å². The lowest BCUT2D eigenvalue weighted by Gasteiger charge is -2.18. The summed E-state index contributed by atoms with van der Waals surface area (Å²) in [4.78, 5) is 12.4. The number of nitrogens with two attached hydrogens (primary N) is 1. The van der Waals surface area contributed by atoms with Gasteiger partial charge in [-0.05, 0) is 44.4 Å². The zero-order chi connectivity index (χ0) is 14.9. The molecular formula is C16H24N2O2. The quantitative estimate of drug-likeness (QED) is 0.892. The van der Waals surface area contributed by atoms with Crippen molar-refractivity contribution < 1.29 is 9.53 Å². The monoisotopic (exact) mass is 276 g/mol. The first-order valence-electron chi connectivity index (χ1n) is 7.22. The summed E-state index contributed by atoms with van der Waals surface area (Å²) in [7, 11) is 0. The van der Waals surface area contributed by atoms with Gasteiger partial charge in [0.2, 0.25) is 5.91 Å². The molecule has 3 N–H and O–H groups in total. The lowest BCUT2D eigenvalue weighted by atomic mass is 9.89. The van der Waals surface area contributed by atoms with Gasteiger partial charge in [0.15, 0.2) is 0 Å². The molecule has 1 aliphatic heterocycles. The van der Waals surface area contributed by atoms with Gasteiger partial charge in [-0.1, -0.05) is 19.1 Å². The second-order valence-electron chi connectivity index (χ2n) is 5.83. The molecule has 0 bridgehead atoms. The Balaban J connectivity index is 2.04. The van der Waals surface area contributed by atoms with Crippen LogP contribution in [0.15, 0.2) is 24.3 Å². The summed E-state index contributed by atoms with van der Waals surface area (Å²) >= 11 is 0. The summed E-state index contributed by atoms with van der Waals surface area (Å²) in [6.07, 6.45) is 0.0875. The van der Waals surface area contributed by atoms with Crippen molar-refractivity contribution in [2.75, 3.05) is 5.32 Å². The summed E-state index contributed by atoms with van der Waals surface area (Å²) in [6.45, 7) is 7.99. The molecule has 5 atom stereocenters. The van der Waals surface area contributed by atoms with E-state index in [0.717, 1.165) is 11.3 Å². The summed E-state index contributed by atoms with van der Waals surface area (Å²) in [6, 6.07) is 7.68. The Hall–Kier alpha value is -1.39. The molecule has 4 heteroatoms. The Morgan fingerprint density at radius 3 is 2.25 bits per heavy atom. The van der Waals surface area contributed by atoms with E-state index in [0.29, 0.717) is 0 Å². The molecule has 4 nitrogen and oxygen atoms in total. The number of amides is 1. The minimum absolute atomic E-state index is 0.00359. The first-order chi connectivity index (χ1) is 9.40. The fraction of sp³-hybridized carbons (Fsp3) is 0.562. The van der Waals surface area contributed by atoms with Crippen molar-refractivity contribution in [2.45, 2.75) is 45.9 Å². The predicted octanol–water partition coefficient (Wildman–Crippen LogP) is 2.70. The number of benzene rings is 1. The Labute approximate surface area is 120 Å². The molecule has 0 aliphatic carbocycles. The van der Waals surface area contributed by atoms with Gasteiger partial charge >= 0.3 is 0 Å². The Morgan fingerprint density at radius 2 is 1.80 bits per heavy atom. The van der Waals surface area contributed by atoms with Crippen molar-refractivity contribution in [2.24, 2.45) is 17.6 Å². The van der Waals surface area contributed by atoms with Crippen LogP contribution in [0.3, 0.4) is 0 Å². The minimum atomic E-state index is -0.0990. The summed E-state index contributed by atoms with van der Waals surface area (Å²) in [5, 5.41) is 2.97. The molecule has 1 aromatic rings. The van der Waals surface area contributed by atoms with Crippen molar-refractivity contribution in [3.8, 4) is 0 Å². The molecule has 0 radical (unpaired) electrons. The summed E-state index contributed by atoms with van der Waals surface area (Å²) in [5.41, 5.74) is 7.67. The maximum Gasteiger partial charge on any atom is 0.230 e. The van der Waals surface area contributed by atoms with E-state index in [1.807, 2.05) is 45.0 Å². The molecule has 1 saturated heterocycles. The van der Waals surface area contributed by atoms with Crippen LogP contribution in [0.1, 0.15) is 39.3 Å². The smallest absolute Gasteiger partial charge is 0.230 e. The van der Waals surface area contributed by atoms with Gasteiger partial charge < -0.3 is 15.8 Å². The average molecular weight is 276 g/mol. The van der Waals surface area contributed by atoms with Crippen molar-refractivity contribution in [3.63, 3.8) is 0 Å². The van der Waals surface area contributed by atoms with Crippen LogP contribution in [-0.2, 0) is 9.53 Å². The van der Waals surface area contributed by atoms with Gasteiger partial charge in [0.05, 0.1) is 18.1 Å². The highest BCUT2D eigenvalue weighted by Crippen LogP contribution is 2.33. The van der Waals surface area contributed by atoms with Crippen LogP contribution in [-0.4, -0.2) is 18.1 Å². The molecule has 110 valence electrons. The second-order valence-corrected chi connectivity index (χ2v) is 5.83. The van der Waals surface area contributed by atoms with E-state index in [2.05, 4.69) is 12.2 Å². The van der Waals surface area contributed by atoms with E-state index < -0.39 is 0 Å². The zero-order valence-electron chi connectivity index (χ0n) is 12.6. The van der Waals surface area contributed by atoms with Crippen LogP contribution in [0.4, 0.5) is 5.69 Å². The molecule has 1 heterocycles. The van der Waals surface area contributed by atoms with Crippen LogP contribution in [0.25, 0.3) is 0 Å². The van der Waals surface area contributed by atoms with Gasteiger partial charge in [-0.25, -0.2) is 0 Å². The minimum Gasteiger partial charge on any atom is -0.374 e. The Bertz CT molecular complexity index is 470. The number of rotatable bonds is 3. The number of hydrogen-bond donors (Lipinski definition) is 2. The molecule has 1 fully saturated rings. The molecule has 1 aliphatic rings.